The number of nitrogens with one attached hydrogen (secondary N) is 1. The molecule has 88 valence electrons. The molecule has 0 aromatic carbocycles. The maximum Gasteiger partial charge on any atom is 0.141 e. The van der Waals surface area contributed by atoms with Crippen LogP contribution in [0.2, 0.25) is 0 Å². The van der Waals surface area contributed by atoms with E-state index in [0.29, 0.717) is 6.04 Å². The maximum absolute atomic E-state index is 12.7. The van der Waals surface area contributed by atoms with Gasteiger partial charge in [0.1, 0.15) is 5.82 Å². The van der Waals surface area contributed by atoms with E-state index < -0.39 is 0 Å². The topological polar surface area (TPSA) is 34.1 Å². The third-order valence-corrected chi connectivity index (χ3v) is 2.84. The second-order valence-electron chi connectivity index (χ2n) is 4.20. The zero-order valence-corrected chi connectivity index (χ0v) is 9.45. The fourth-order valence-corrected chi connectivity index (χ4v) is 1.95. The predicted molar refractivity (Wildman–Crippen MR) is 59.6 cm³/mol. The van der Waals surface area contributed by atoms with Gasteiger partial charge in [0, 0.05) is 18.7 Å². The molecule has 0 radical (unpaired) electrons. The van der Waals surface area contributed by atoms with Crippen molar-refractivity contribution in [2.75, 3.05) is 13.2 Å². The Morgan fingerprint density at radius 2 is 2.44 bits per heavy atom. The van der Waals surface area contributed by atoms with Crippen molar-refractivity contribution in [1.29, 1.82) is 0 Å². The van der Waals surface area contributed by atoms with Crippen molar-refractivity contribution < 1.29 is 9.13 Å². The highest BCUT2D eigenvalue weighted by molar-refractivity contribution is 5.09. The van der Waals surface area contributed by atoms with Crippen LogP contribution in [-0.4, -0.2) is 24.2 Å². The number of hydrogen-bond donors (Lipinski definition) is 1. The van der Waals surface area contributed by atoms with Gasteiger partial charge in [-0.25, -0.2) is 4.39 Å². The Labute approximate surface area is 95.0 Å². The van der Waals surface area contributed by atoms with Gasteiger partial charge in [-0.3, -0.25) is 4.98 Å². The summed E-state index contributed by atoms with van der Waals surface area (Å²) in [5.74, 6) is -0.294. The Bertz CT molecular complexity index is 322. The fraction of sp³-hybridized carbons (Fsp3) is 0.583. The summed E-state index contributed by atoms with van der Waals surface area (Å²) in [6, 6.07) is 3.68. The molecule has 1 aromatic heterocycles. The molecule has 2 heterocycles. The van der Waals surface area contributed by atoms with Crippen molar-refractivity contribution in [3.8, 4) is 0 Å². The van der Waals surface area contributed by atoms with Crippen molar-refractivity contribution in [1.82, 2.24) is 10.3 Å². The second kappa shape index (κ2) is 5.37. The molecule has 0 spiro atoms. The van der Waals surface area contributed by atoms with Crippen LogP contribution in [0.5, 0.6) is 0 Å². The maximum atomic E-state index is 12.7. The molecule has 1 fully saturated rings. The van der Waals surface area contributed by atoms with Gasteiger partial charge in [-0.1, -0.05) is 0 Å². The van der Waals surface area contributed by atoms with Crippen molar-refractivity contribution in [2.24, 2.45) is 0 Å². The molecule has 1 N–H and O–H groups in total. The Hall–Kier alpha value is -1.00. The quantitative estimate of drug-likeness (QED) is 0.853. The van der Waals surface area contributed by atoms with Gasteiger partial charge < -0.3 is 10.1 Å². The minimum absolute atomic E-state index is 0.132. The van der Waals surface area contributed by atoms with Crippen LogP contribution in [0.3, 0.4) is 0 Å². The molecular weight excluding hydrogens is 207 g/mol. The summed E-state index contributed by atoms with van der Waals surface area (Å²) < 4.78 is 18.1. The molecule has 0 saturated carbocycles. The zero-order valence-electron chi connectivity index (χ0n) is 9.45. The van der Waals surface area contributed by atoms with Crippen LogP contribution in [0.15, 0.2) is 18.3 Å². The van der Waals surface area contributed by atoms with E-state index in [4.69, 9.17) is 4.74 Å². The molecule has 1 saturated heterocycles. The first kappa shape index (κ1) is 11.5. The lowest BCUT2D eigenvalue weighted by Crippen LogP contribution is -2.38. The van der Waals surface area contributed by atoms with Crippen LogP contribution in [-0.2, 0) is 4.74 Å². The van der Waals surface area contributed by atoms with Crippen molar-refractivity contribution in [3.63, 3.8) is 0 Å². The Morgan fingerprint density at radius 3 is 3.06 bits per heavy atom. The summed E-state index contributed by atoms with van der Waals surface area (Å²) in [6.07, 6.45) is 3.48. The van der Waals surface area contributed by atoms with Crippen LogP contribution in [0.4, 0.5) is 4.39 Å². The average Bonchev–Trinajstić information content (AvgIpc) is 2.31. The average molecular weight is 224 g/mol. The Balaban J connectivity index is 1.91. The van der Waals surface area contributed by atoms with Crippen LogP contribution in [0.25, 0.3) is 0 Å². The molecular formula is C12H17FN2O. The third-order valence-electron chi connectivity index (χ3n) is 2.84. The van der Waals surface area contributed by atoms with E-state index in [1.54, 1.807) is 6.07 Å². The summed E-state index contributed by atoms with van der Waals surface area (Å²) in [5.41, 5.74) is 0.868. The van der Waals surface area contributed by atoms with Crippen molar-refractivity contribution in [3.05, 3.63) is 29.8 Å². The highest BCUT2D eigenvalue weighted by Crippen LogP contribution is 2.14. The van der Waals surface area contributed by atoms with E-state index in [9.17, 15) is 4.39 Å². The van der Waals surface area contributed by atoms with E-state index >= 15 is 0 Å². The minimum atomic E-state index is -0.294. The van der Waals surface area contributed by atoms with Gasteiger partial charge in [-0.05, 0) is 31.9 Å². The van der Waals surface area contributed by atoms with Crippen LogP contribution < -0.4 is 5.32 Å². The Kier molecular flexibility index (Phi) is 3.85. The summed E-state index contributed by atoms with van der Waals surface area (Å²) in [7, 11) is 0. The third kappa shape index (κ3) is 3.00. The van der Waals surface area contributed by atoms with E-state index in [1.807, 2.05) is 6.92 Å². The summed E-state index contributed by atoms with van der Waals surface area (Å²) in [5, 5.41) is 3.44. The number of ether oxygens (including phenoxy) is 1. The van der Waals surface area contributed by atoms with E-state index in [0.717, 1.165) is 31.7 Å². The molecule has 0 aliphatic carbocycles. The molecule has 4 heteroatoms. The summed E-state index contributed by atoms with van der Waals surface area (Å²) in [4.78, 5) is 4.07. The Morgan fingerprint density at radius 1 is 1.56 bits per heavy atom. The van der Waals surface area contributed by atoms with Crippen LogP contribution in [0.1, 0.15) is 31.5 Å². The van der Waals surface area contributed by atoms with E-state index in [-0.39, 0.29) is 11.9 Å². The zero-order chi connectivity index (χ0) is 11.4. The van der Waals surface area contributed by atoms with Gasteiger partial charge in [0.05, 0.1) is 18.5 Å². The lowest BCUT2D eigenvalue weighted by molar-refractivity contribution is 0.0669. The highest BCUT2D eigenvalue weighted by atomic mass is 19.1. The molecule has 16 heavy (non-hydrogen) atoms. The van der Waals surface area contributed by atoms with Crippen LogP contribution in [0, 0.1) is 5.82 Å². The molecule has 2 atom stereocenters. The molecule has 0 amide bonds. The number of aromatic nitrogens is 1. The largest absolute Gasteiger partial charge is 0.380 e. The van der Waals surface area contributed by atoms with Gasteiger partial charge in [0.25, 0.3) is 0 Å². The second-order valence-corrected chi connectivity index (χ2v) is 4.20. The van der Waals surface area contributed by atoms with Gasteiger partial charge >= 0.3 is 0 Å². The summed E-state index contributed by atoms with van der Waals surface area (Å²) in [6.45, 7) is 3.65. The summed E-state index contributed by atoms with van der Waals surface area (Å²) >= 11 is 0. The smallest absolute Gasteiger partial charge is 0.141 e. The lowest BCUT2D eigenvalue weighted by Gasteiger charge is -2.26. The van der Waals surface area contributed by atoms with Crippen molar-refractivity contribution >= 4 is 0 Å². The van der Waals surface area contributed by atoms with E-state index in [2.05, 4.69) is 10.3 Å². The van der Waals surface area contributed by atoms with Gasteiger partial charge in [0.2, 0.25) is 0 Å². The SMILES string of the molecule is CC(NC1CCCOC1)c1ccc(F)cn1. The number of halogens is 1. The molecule has 2 rings (SSSR count). The molecule has 2 unspecified atom stereocenters. The normalized spacial score (nSPS) is 23.0. The van der Waals surface area contributed by atoms with Crippen LogP contribution >= 0.6 is 0 Å². The molecule has 3 nitrogen and oxygen atoms in total. The predicted octanol–water partition coefficient (Wildman–Crippen LogP) is 2.05. The van der Waals surface area contributed by atoms with Crippen molar-refractivity contribution in [2.45, 2.75) is 31.8 Å². The van der Waals surface area contributed by atoms with Gasteiger partial charge in [-0.15, -0.1) is 0 Å². The number of hydrogen-bond acceptors (Lipinski definition) is 3. The molecule has 0 bridgehead atoms. The molecule has 1 aromatic rings. The van der Waals surface area contributed by atoms with Gasteiger partial charge in [-0.2, -0.15) is 0 Å². The lowest BCUT2D eigenvalue weighted by atomic mass is 10.1. The number of rotatable bonds is 3. The molecule has 1 aliphatic heterocycles. The van der Waals surface area contributed by atoms with Gasteiger partial charge in [0.15, 0.2) is 0 Å². The molecule has 1 aliphatic rings. The number of pyridine rings is 1. The first-order valence-corrected chi connectivity index (χ1v) is 5.71. The minimum Gasteiger partial charge on any atom is -0.380 e. The fourth-order valence-electron chi connectivity index (χ4n) is 1.95. The first-order valence-electron chi connectivity index (χ1n) is 5.71. The monoisotopic (exact) mass is 224 g/mol. The van der Waals surface area contributed by atoms with E-state index in [1.165, 1.54) is 12.3 Å². The highest BCUT2D eigenvalue weighted by Gasteiger charge is 2.17. The first-order chi connectivity index (χ1) is 7.75. The number of nitrogens with zero attached hydrogens (tertiary/aromatic N) is 1. The standard InChI is InChI=1S/C12H17FN2O/c1-9(12-5-4-10(13)7-14-12)15-11-3-2-6-16-8-11/h4-5,7,9,11,15H,2-3,6,8H2,1H3.